The van der Waals surface area contributed by atoms with Crippen LogP contribution in [-0.4, -0.2) is 12.6 Å². The van der Waals surface area contributed by atoms with Gasteiger partial charge >= 0.3 is 0 Å². The fourth-order valence-electron chi connectivity index (χ4n) is 3.06. The van der Waals surface area contributed by atoms with Crippen LogP contribution in [0.5, 0.6) is 0 Å². The Labute approximate surface area is 107 Å². The van der Waals surface area contributed by atoms with E-state index in [0.717, 1.165) is 25.5 Å². The summed E-state index contributed by atoms with van der Waals surface area (Å²) in [4.78, 5) is 0. The van der Waals surface area contributed by atoms with Crippen molar-refractivity contribution >= 4 is 0 Å². The van der Waals surface area contributed by atoms with Crippen LogP contribution in [0.2, 0.25) is 0 Å². The Morgan fingerprint density at radius 3 is 2.67 bits per heavy atom. The summed E-state index contributed by atoms with van der Waals surface area (Å²) in [6, 6.07) is 4.65. The molecule has 2 unspecified atom stereocenters. The van der Waals surface area contributed by atoms with Gasteiger partial charge in [0.15, 0.2) is 0 Å². The molecule has 1 N–H and O–H groups in total. The van der Waals surface area contributed by atoms with E-state index in [4.69, 9.17) is 0 Å². The lowest BCUT2D eigenvalue weighted by Crippen LogP contribution is -2.31. The number of hydrogen-bond acceptors (Lipinski definition) is 1. The zero-order valence-corrected chi connectivity index (χ0v) is 10.7. The van der Waals surface area contributed by atoms with Gasteiger partial charge in [-0.3, -0.25) is 0 Å². The third-order valence-corrected chi connectivity index (χ3v) is 4.48. The normalized spacial score (nSPS) is 30.5. The minimum absolute atomic E-state index is 0.0882. The van der Waals surface area contributed by atoms with Crippen LogP contribution in [0.4, 0.5) is 8.78 Å². The van der Waals surface area contributed by atoms with E-state index >= 15 is 0 Å². The smallest absolute Gasteiger partial charge is 0.129 e. The Hall–Kier alpha value is -0.960. The van der Waals surface area contributed by atoms with E-state index in [0.29, 0.717) is 17.5 Å². The topological polar surface area (TPSA) is 12.0 Å². The number of benzene rings is 1. The molecule has 0 aliphatic heterocycles. The number of nitrogens with one attached hydrogen (secondary N) is 1. The van der Waals surface area contributed by atoms with Crippen molar-refractivity contribution in [1.29, 1.82) is 0 Å². The minimum atomic E-state index is -0.491. The van der Waals surface area contributed by atoms with Gasteiger partial charge < -0.3 is 5.32 Å². The Kier molecular flexibility index (Phi) is 2.89. The SMILES string of the molecule is CCC1CC1(CNC1CC1)c1ccc(F)cc1F. The van der Waals surface area contributed by atoms with Gasteiger partial charge in [0.2, 0.25) is 0 Å². The summed E-state index contributed by atoms with van der Waals surface area (Å²) in [7, 11) is 0. The van der Waals surface area contributed by atoms with Crippen molar-refractivity contribution in [3.8, 4) is 0 Å². The summed E-state index contributed by atoms with van der Waals surface area (Å²) in [5.41, 5.74) is 0.610. The van der Waals surface area contributed by atoms with Crippen LogP contribution in [0.15, 0.2) is 18.2 Å². The first kappa shape index (κ1) is 12.1. The summed E-state index contributed by atoms with van der Waals surface area (Å²) in [5.74, 6) is -0.345. The lowest BCUT2D eigenvalue weighted by Gasteiger charge is -2.19. The molecule has 0 bridgehead atoms. The largest absolute Gasteiger partial charge is 0.313 e. The Bertz CT molecular complexity index is 456. The van der Waals surface area contributed by atoms with Gasteiger partial charge in [0.1, 0.15) is 11.6 Å². The molecule has 98 valence electrons. The molecule has 2 atom stereocenters. The van der Waals surface area contributed by atoms with Crippen LogP contribution in [0.3, 0.4) is 0 Å². The van der Waals surface area contributed by atoms with E-state index in [1.165, 1.54) is 18.9 Å². The van der Waals surface area contributed by atoms with E-state index in [2.05, 4.69) is 12.2 Å². The number of rotatable bonds is 5. The molecular weight excluding hydrogens is 232 g/mol. The first-order valence-corrected chi connectivity index (χ1v) is 6.84. The zero-order chi connectivity index (χ0) is 12.8. The summed E-state index contributed by atoms with van der Waals surface area (Å²) in [6.45, 7) is 2.98. The molecule has 2 aliphatic rings. The average molecular weight is 251 g/mol. The maximum absolute atomic E-state index is 14.0. The molecule has 0 saturated heterocycles. The first-order valence-electron chi connectivity index (χ1n) is 6.84. The zero-order valence-electron chi connectivity index (χ0n) is 10.7. The van der Waals surface area contributed by atoms with Gasteiger partial charge in [-0.25, -0.2) is 8.78 Å². The molecule has 0 radical (unpaired) electrons. The van der Waals surface area contributed by atoms with Gasteiger partial charge in [0.05, 0.1) is 0 Å². The van der Waals surface area contributed by atoms with Crippen LogP contribution >= 0.6 is 0 Å². The third kappa shape index (κ3) is 2.05. The lowest BCUT2D eigenvalue weighted by atomic mass is 9.91. The van der Waals surface area contributed by atoms with Gasteiger partial charge in [0, 0.05) is 24.1 Å². The fourth-order valence-corrected chi connectivity index (χ4v) is 3.06. The molecule has 2 saturated carbocycles. The van der Waals surface area contributed by atoms with Crippen molar-refractivity contribution in [1.82, 2.24) is 5.32 Å². The maximum Gasteiger partial charge on any atom is 0.129 e. The third-order valence-electron chi connectivity index (χ3n) is 4.48. The quantitative estimate of drug-likeness (QED) is 0.846. The van der Waals surface area contributed by atoms with Crippen molar-refractivity contribution < 1.29 is 8.78 Å². The highest BCUT2D eigenvalue weighted by Crippen LogP contribution is 2.56. The summed E-state index contributed by atoms with van der Waals surface area (Å²) < 4.78 is 27.0. The average Bonchev–Trinajstić information content (AvgIpc) is 3.22. The second kappa shape index (κ2) is 4.30. The second-order valence-corrected chi connectivity index (χ2v) is 5.74. The van der Waals surface area contributed by atoms with Crippen molar-refractivity contribution in [3.63, 3.8) is 0 Å². The Morgan fingerprint density at radius 2 is 2.11 bits per heavy atom. The van der Waals surface area contributed by atoms with E-state index in [-0.39, 0.29) is 11.2 Å². The molecule has 1 nitrogen and oxygen atoms in total. The molecule has 0 amide bonds. The first-order chi connectivity index (χ1) is 8.65. The summed E-state index contributed by atoms with van der Waals surface area (Å²) in [5, 5.41) is 3.50. The van der Waals surface area contributed by atoms with Crippen LogP contribution in [-0.2, 0) is 5.41 Å². The summed E-state index contributed by atoms with van der Waals surface area (Å²) in [6.07, 6.45) is 4.55. The molecule has 0 heterocycles. The van der Waals surface area contributed by atoms with Crippen molar-refractivity contribution in [3.05, 3.63) is 35.4 Å². The molecule has 0 spiro atoms. The van der Waals surface area contributed by atoms with Crippen LogP contribution in [0.25, 0.3) is 0 Å². The van der Waals surface area contributed by atoms with Crippen LogP contribution in [0, 0.1) is 17.6 Å². The van der Waals surface area contributed by atoms with E-state index < -0.39 is 5.82 Å². The van der Waals surface area contributed by atoms with Gasteiger partial charge in [-0.05, 0) is 36.8 Å². The molecule has 1 aromatic carbocycles. The van der Waals surface area contributed by atoms with Crippen molar-refractivity contribution in [2.45, 2.75) is 44.1 Å². The molecule has 2 fully saturated rings. The van der Waals surface area contributed by atoms with Gasteiger partial charge in [-0.1, -0.05) is 19.4 Å². The highest BCUT2D eigenvalue weighted by molar-refractivity contribution is 5.36. The van der Waals surface area contributed by atoms with Gasteiger partial charge in [-0.15, -0.1) is 0 Å². The molecule has 2 aliphatic carbocycles. The molecule has 3 heteroatoms. The van der Waals surface area contributed by atoms with E-state index in [1.807, 2.05) is 0 Å². The van der Waals surface area contributed by atoms with Crippen molar-refractivity contribution in [2.75, 3.05) is 6.54 Å². The Balaban J connectivity index is 1.84. The monoisotopic (exact) mass is 251 g/mol. The number of halogens is 2. The molecular formula is C15H19F2N. The predicted molar refractivity (Wildman–Crippen MR) is 67.5 cm³/mol. The van der Waals surface area contributed by atoms with Gasteiger partial charge in [-0.2, -0.15) is 0 Å². The maximum atomic E-state index is 14.0. The second-order valence-electron chi connectivity index (χ2n) is 5.74. The molecule has 18 heavy (non-hydrogen) atoms. The summed E-state index contributed by atoms with van der Waals surface area (Å²) >= 11 is 0. The Morgan fingerprint density at radius 1 is 1.33 bits per heavy atom. The molecule has 1 aromatic rings. The number of hydrogen-bond donors (Lipinski definition) is 1. The molecule has 3 rings (SSSR count). The van der Waals surface area contributed by atoms with E-state index in [1.54, 1.807) is 6.07 Å². The van der Waals surface area contributed by atoms with Crippen molar-refractivity contribution in [2.24, 2.45) is 5.92 Å². The van der Waals surface area contributed by atoms with Gasteiger partial charge in [0.25, 0.3) is 0 Å². The standard InChI is InChI=1S/C15H19F2N/c1-2-10-8-15(10,9-18-12-4-5-12)13-6-3-11(16)7-14(13)17/h3,6-7,10,12,18H,2,4-5,8-9H2,1H3. The van der Waals surface area contributed by atoms with E-state index in [9.17, 15) is 8.78 Å². The molecule has 0 aromatic heterocycles. The predicted octanol–water partition coefficient (Wildman–Crippen LogP) is 3.38. The van der Waals surface area contributed by atoms with Crippen LogP contribution in [0.1, 0.15) is 38.2 Å². The lowest BCUT2D eigenvalue weighted by molar-refractivity contribution is 0.487. The highest BCUT2D eigenvalue weighted by atomic mass is 19.1. The highest BCUT2D eigenvalue weighted by Gasteiger charge is 2.55. The van der Waals surface area contributed by atoms with Crippen LogP contribution < -0.4 is 5.32 Å². The fraction of sp³-hybridized carbons (Fsp3) is 0.600. The minimum Gasteiger partial charge on any atom is -0.313 e.